The van der Waals surface area contributed by atoms with Crippen molar-refractivity contribution in [1.82, 2.24) is 4.57 Å². The van der Waals surface area contributed by atoms with E-state index in [4.69, 9.17) is 0 Å². The van der Waals surface area contributed by atoms with E-state index in [1.54, 1.807) is 24.3 Å². The van der Waals surface area contributed by atoms with E-state index >= 15 is 0 Å². The number of nitrogens with zero attached hydrogens (tertiary/aromatic N) is 2. The second kappa shape index (κ2) is 5.99. The molecule has 1 fully saturated rings. The van der Waals surface area contributed by atoms with Gasteiger partial charge in [0.2, 0.25) is 0 Å². The molecule has 0 spiro atoms. The third kappa shape index (κ3) is 2.80. The molecule has 0 N–H and O–H groups in total. The third-order valence-corrected chi connectivity index (χ3v) is 5.70. The zero-order chi connectivity index (χ0) is 18.5. The zero-order valence-electron chi connectivity index (χ0n) is 13.5. The van der Waals surface area contributed by atoms with Crippen LogP contribution in [-0.2, 0) is 6.54 Å². The van der Waals surface area contributed by atoms with E-state index in [9.17, 15) is 23.2 Å². The molecule has 1 atom stereocenters. The number of benzene rings is 2. The SMILES string of the molecule is N#Cc1c(F)cccc1-c1ccc2c(c1)sc(=O)n2CCC1CC1(F)F. The Balaban J connectivity index is 1.70. The van der Waals surface area contributed by atoms with E-state index in [2.05, 4.69) is 0 Å². The maximum atomic E-state index is 13.8. The lowest BCUT2D eigenvalue weighted by atomic mass is 10.00. The van der Waals surface area contributed by atoms with E-state index in [1.165, 1.54) is 16.7 Å². The number of aromatic nitrogens is 1. The summed E-state index contributed by atoms with van der Waals surface area (Å²) in [7, 11) is 0. The van der Waals surface area contributed by atoms with Crippen LogP contribution in [0.5, 0.6) is 0 Å². The zero-order valence-corrected chi connectivity index (χ0v) is 14.3. The van der Waals surface area contributed by atoms with Gasteiger partial charge in [0.25, 0.3) is 5.92 Å². The number of alkyl halides is 2. The van der Waals surface area contributed by atoms with Crippen molar-refractivity contribution >= 4 is 21.6 Å². The third-order valence-electron chi connectivity index (χ3n) is 4.76. The highest BCUT2D eigenvalue weighted by Gasteiger charge is 2.56. The Morgan fingerprint density at radius 3 is 2.77 bits per heavy atom. The fraction of sp³-hybridized carbons (Fsp3) is 0.263. The van der Waals surface area contributed by atoms with Crippen LogP contribution in [0.2, 0.25) is 0 Å². The molecule has 0 amide bonds. The molecule has 132 valence electrons. The second-order valence-electron chi connectivity index (χ2n) is 6.43. The summed E-state index contributed by atoms with van der Waals surface area (Å²) >= 11 is 1.02. The predicted molar refractivity (Wildman–Crippen MR) is 93.9 cm³/mol. The number of hydrogen-bond acceptors (Lipinski definition) is 3. The van der Waals surface area contributed by atoms with Crippen LogP contribution in [0.25, 0.3) is 21.3 Å². The summed E-state index contributed by atoms with van der Waals surface area (Å²) in [6.45, 7) is 0.252. The largest absolute Gasteiger partial charge is 0.308 e. The number of thiazole rings is 1. The van der Waals surface area contributed by atoms with E-state index in [-0.39, 0.29) is 29.8 Å². The van der Waals surface area contributed by atoms with Gasteiger partial charge >= 0.3 is 4.87 Å². The molecule has 4 rings (SSSR count). The molecular formula is C19H13F3N2OS. The number of hydrogen-bond donors (Lipinski definition) is 0. The Kier molecular flexibility index (Phi) is 3.88. The molecule has 3 aromatic rings. The summed E-state index contributed by atoms with van der Waals surface area (Å²) < 4.78 is 42.1. The first-order chi connectivity index (χ1) is 12.4. The number of rotatable bonds is 4. The lowest BCUT2D eigenvalue weighted by Crippen LogP contribution is -2.13. The van der Waals surface area contributed by atoms with Gasteiger partial charge in [-0.2, -0.15) is 5.26 Å². The van der Waals surface area contributed by atoms with Crippen LogP contribution in [0.3, 0.4) is 0 Å². The second-order valence-corrected chi connectivity index (χ2v) is 7.42. The minimum Gasteiger partial charge on any atom is -0.299 e. The van der Waals surface area contributed by atoms with Crippen molar-refractivity contribution in [1.29, 1.82) is 5.26 Å². The van der Waals surface area contributed by atoms with Gasteiger partial charge in [0.1, 0.15) is 11.9 Å². The molecule has 0 bridgehead atoms. The maximum Gasteiger partial charge on any atom is 0.308 e. The van der Waals surface area contributed by atoms with Crippen molar-refractivity contribution < 1.29 is 13.2 Å². The minimum absolute atomic E-state index is 0.0467. The lowest BCUT2D eigenvalue weighted by Gasteiger charge is -2.07. The van der Waals surface area contributed by atoms with Gasteiger partial charge < -0.3 is 0 Å². The van der Waals surface area contributed by atoms with Crippen LogP contribution < -0.4 is 4.87 Å². The molecule has 3 nitrogen and oxygen atoms in total. The average molecular weight is 374 g/mol. The normalized spacial score (nSPS) is 18.0. The molecule has 2 aromatic carbocycles. The topological polar surface area (TPSA) is 45.8 Å². The molecule has 1 aromatic heterocycles. The van der Waals surface area contributed by atoms with Crippen molar-refractivity contribution in [3.63, 3.8) is 0 Å². The monoisotopic (exact) mass is 374 g/mol. The maximum absolute atomic E-state index is 13.8. The highest BCUT2D eigenvalue weighted by atomic mass is 32.1. The summed E-state index contributed by atoms with van der Waals surface area (Å²) in [6.07, 6.45) is 0.160. The van der Waals surface area contributed by atoms with Gasteiger partial charge in [-0.1, -0.05) is 29.5 Å². The van der Waals surface area contributed by atoms with E-state index in [0.717, 1.165) is 11.3 Å². The molecule has 0 radical (unpaired) electrons. The Morgan fingerprint density at radius 2 is 2.08 bits per heavy atom. The van der Waals surface area contributed by atoms with Gasteiger partial charge in [0.15, 0.2) is 0 Å². The van der Waals surface area contributed by atoms with Crippen LogP contribution >= 0.6 is 11.3 Å². The van der Waals surface area contributed by atoms with Crippen molar-refractivity contribution in [2.24, 2.45) is 5.92 Å². The van der Waals surface area contributed by atoms with E-state index in [0.29, 0.717) is 21.3 Å². The van der Waals surface area contributed by atoms with Gasteiger partial charge in [-0.25, -0.2) is 13.2 Å². The van der Waals surface area contributed by atoms with Crippen molar-refractivity contribution in [3.8, 4) is 17.2 Å². The fourth-order valence-electron chi connectivity index (χ4n) is 3.19. The predicted octanol–water partition coefficient (Wildman–Crippen LogP) is 4.79. The Labute approximate surface area is 150 Å². The van der Waals surface area contributed by atoms with Crippen molar-refractivity contribution in [2.45, 2.75) is 25.3 Å². The highest BCUT2D eigenvalue weighted by Crippen LogP contribution is 2.50. The van der Waals surface area contributed by atoms with Crippen LogP contribution in [-0.4, -0.2) is 10.5 Å². The first-order valence-corrected chi connectivity index (χ1v) is 8.92. The molecule has 0 saturated heterocycles. The highest BCUT2D eigenvalue weighted by molar-refractivity contribution is 7.16. The van der Waals surface area contributed by atoms with Gasteiger partial charge in [-0.05, 0) is 30.2 Å². The molecule has 1 aliphatic carbocycles. The summed E-state index contributed by atoms with van der Waals surface area (Å²) in [5.74, 6) is -3.83. The number of nitriles is 1. The molecule has 26 heavy (non-hydrogen) atoms. The lowest BCUT2D eigenvalue weighted by molar-refractivity contribution is 0.0961. The van der Waals surface area contributed by atoms with Crippen LogP contribution in [0.1, 0.15) is 18.4 Å². The Hall–Kier alpha value is -2.59. The quantitative estimate of drug-likeness (QED) is 0.659. The van der Waals surface area contributed by atoms with Gasteiger partial charge in [-0.15, -0.1) is 0 Å². The first-order valence-electron chi connectivity index (χ1n) is 8.11. The van der Waals surface area contributed by atoms with Crippen LogP contribution in [0.15, 0.2) is 41.2 Å². The van der Waals surface area contributed by atoms with E-state index < -0.39 is 17.7 Å². The molecule has 0 aliphatic heterocycles. The molecule has 1 heterocycles. The number of halogens is 3. The van der Waals surface area contributed by atoms with Crippen LogP contribution in [0.4, 0.5) is 13.2 Å². The molecule has 1 aliphatic rings. The number of aryl methyl sites for hydroxylation is 1. The summed E-state index contributed by atoms with van der Waals surface area (Å²) in [5.41, 5.74) is 1.72. The fourth-order valence-corrected chi connectivity index (χ4v) is 4.15. The van der Waals surface area contributed by atoms with Gasteiger partial charge in [0, 0.05) is 24.4 Å². The minimum atomic E-state index is -2.59. The average Bonchev–Trinajstić information content (AvgIpc) is 3.09. The van der Waals surface area contributed by atoms with Gasteiger partial charge in [-0.3, -0.25) is 9.36 Å². The standard InChI is InChI=1S/C19H13F3N2OS/c20-15-3-1-2-13(14(15)10-23)11-4-5-16-17(8-11)26-18(25)24(16)7-6-12-9-19(12,21)22/h1-5,8,12H,6-7,9H2. The Bertz CT molecular complexity index is 1110. The number of fused-ring (bicyclic) bond motifs is 1. The van der Waals surface area contributed by atoms with E-state index in [1.807, 2.05) is 6.07 Å². The first kappa shape index (κ1) is 16.9. The molecular weight excluding hydrogens is 361 g/mol. The molecule has 7 heteroatoms. The van der Waals surface area contributed by atoms with Crippen LogP contribution in [0, 0.1) is 23.1 Å². The summed E-state index contributed by atoms with van der Waals surface area (Å²) in [5, 5.41) is 9.19. The smallest absolute Gasteiger partial charge is 0.299 e. The summed E-state index contributed by atoms with van der Waals surface area (Å²) in [4.78, 5) is 12.0. The van der Waals surface area contributed by atoms with Crippen molar-refractivity contribution in [3.05, 3.63) is 57.4 Å². The summed E-state index contributed by atoms with van der Waals surface area (Å²) in [6, 6.07) is 11.4. The molecule has 1 saturated carbocycles. The Morgan fingerprint density at radius 1 is 1.31 bits per heavy atom. The molecule has 1 unspecified atom stereocenters. The van der Waals surface area contributed by atoms with Gasteiger partial charge in [0.05, 0.1) is 15.8 Å². The van der Waals surface area contributed by atoms with Crippen molar-refractivity contribution in [2.75, 3.05) is 0 Å².